The van der Waals surface area contributed by atoms with Crippen molar-refractivity contribution in [1.29, 1.82) is 0 Å². The van der Waals surface area contributed by atoms with Gasteiger partial charge in [0, 0.05) is 62.3 Å². The van der Waals surface area contributed by atoms with Crippen molar-refractivity contribution in [3.63, 3.8) is 0 Å². The second-order valence-corrected chi connectivity index (χ2v) is 12.4. The van der Waals surface area contributed by atoms with Gasteiger partial charge in [-0.2, -0.15) is 13.9 Å². The summed E-state index contributed by atoms with van der Waals surface area (Å²) in [6, 6.07) is 2.24. The number of carbonyl (C=O) groups is 2. The van der Waals surface area contributed by atoms with Gasteiger partial charge in [-0.05, 0) is 20.0 Å². The molecule has 0 bridgehead atoms. The van der Waals surface area contributed by atoms with Crippen molar-refractivity contribution < 1.29 is 27.9 Å². The van der Waals surface area contributed by atoms with Gasteiger partial charge in [-0.25, -0.2) is 14.4 Å². The lowest BCUT2D eigenvalue weighted by molar-refractivity contribution is -0.116. The Hall–Kier alpha value is -5.86. The number of primary amides is 1. The summed E-state index contributed by atoms with van der Waals surface area (Å²) in [5.41, 5.74) is 3.35. The zero-order valence-corrected chi connectivity index (χ0v) is 28.2. The number of nitrogens with two attached hydrogens (primary N) is 1. The first-order chi connectivity index (χ1) is 24.2. The fraction of sp³-hybridized carbons (Fsp3) is 0.273. The van der Waals surface area contributed by atoms with Crippen LogP contribution in [0.1, 0.15) is 22.8 Å². The molecule has 1 fully saturated rings. The van der Waals surface area contributed by atoms with Crippen LogP contribution in [0.4, 0.5) is 24.7 Å². The van der Waals surface area contributed by atoms with Crippen LogP contribution in [0.15, 0.2) is 41.8 Å². The zero-order valence-electron chi connectivity index (χ0n) is 27.4. The maximum Gasteiger partial charge on any atom is 0.264 e. The minimum Gasteiger partial charge on any atom is -0.504 e. The summed E-state index contributed by atoms with van der Waals surface area (Å²) in [4.78, 5) is 51.6. The number of aromatic nitrogens is 6. The highest BCUT2D eigenvalue weighted by molar-refractivity contribution is 6.33. The number of pyridine rings is 1. The van der Waals surface area contributed by atoms with Crippen molar-refractivity contribution in [2.45, 2.75) is 26.1 Å². The van der Waals surface area contributed by atoms with E-state index in [4.69, 9.17) is 17.3 Å². The van der Waals surface area contributed by atoms with Crippen LogP contribution in [0, 0.1) is 29.4 Å². The summed E-state index contributed by atoms with van der Waals surface area (Å²) >= 11 is 6.20. The van der Waals surface area contributed by atoms with E-state index < -0.39 is 63.4 Å². The van der Waals surface area contributed by atoms with Crippen molar-refractivity contribution in [2.24, 2.45) is 12.8 Å². The summed E-state index contributed by atoms with van der Waals surface area (Å²) in [7, 11) is 3.68. The normalized spacial score (nSPS) is 14.8. The van der Waals surface area contributed by atoms with Gasteiger partial charge in [-0.15, -0.1) is 0 Å². The molecule has 1 aliphatic heterocycles. The molecule has 1 atom stereocenters. The van der Waals surface area contributed by atoms with Gasteiger partial charge in [0.15, 0.2) is 11.6 Å². The number of fused-ring (bicyclic) bond motifs is 1. The molecule has 5 aromatic rings. The number of anilines is 2. The number of likely N-dealkylation sites (N-methyl/N-ethyl adjacent to an activating group) is 1. The molecule has 51 heavy (non-hydrogen) atoms. The Morgan fingerprint density at radius 2 is 1.88 bits per heavy atom. The van der Waals surface area contributed by atoms with Crippen molar-refractivity contribution >= 4 is 46.0 Å². The third-order valence-electron chi connectivity index (χ3n) is 8.38. The smallest absolute Gasteiger partial charge is 0.264 e. The Balaban J connectivity index is 1.40. The van der Waals surface area contributed by atoms with Crippen LogP contribution in [-0.2, 0) is 24.9 Å². The lowest BCUT2D eigenvalue weighted by Crippen LogP contribution is -2.50. The largest absolute Gasteiger partial charge is 0.504 e. The molecule has 4 aromatic heterocycles. The number of hydrogen-bond acceptors (Lipinski definition) is 9. The van der Waals surface area contributed by atoms with Gasteiger partial charge < -0.3 is 30.5 Å². The molecule has 14 nitrogen and oxygen atoms in total. The molecule has 2 amide bonds. The van der Waals surface area contributed by atoms with Crippen molar-refractivity contribution in [1.82, 2.24) is 33.8 Å². The number of nitrogens with zero attached hydrogens (tertiary/aromatic N) is 8. The number of aromatic hydroxyl groups is 1. The lowest BCUT2D eigenvalue weighted by Gasteiger charge is -2.39. The summed E-state index contributed by atoms with van der Waals surface area (Å²) in [6.07, 6.45) is 5.53. The van der Waals surface area contributed by atoms with E-state index in [0.29, 0.717) is 25.2 Å². The minimum absolute atomic E-state index is 0.0123. The highest BCUT2D eigenvalue weighted by Crippen LogP contribution is 2.36. The molecule has 6 rings (SSSR count). The zero-order chi connectivity index (χ0) is 36.7. The van der Waals surface area contributed by atoms with E-state index >= 15 is 4.39 Å². The molecule has 1 aromatic carbocycles. The third kappa shape index (κ3) is 6.83. The number of piperazine rings is 1. The highest BCUT2D eigenvalue weighted by atomic mass is 35.5. The van der Waals surface area contributed by atoms with E-state index in [1.165, 1.54) is 23.2 Å². The third-order valence-corrected chi connectivity index (χ3v) is 8.74. The summed E-state index contributed by atoms with van der Waals surface area (Å²) in [6.45, 7) is 3.20. The Kier molecular flexibility index (Phi) is 9.47. The molecule has 18 heteroatoms. The van der Waals surface area contributed by atoms with Gasteiger partial charge in [-0.3, -0.25) is 23.6 Å². The molecule has 0 saturated carbocycles. The van der Waals surface area contributed by atoms with E-state index in [9.17, 15) is 28.3 Å². The van der Waals surface area contributed by atoms with Gasteiger partial charge in [0.2, 0.25) is 17.7 Å². The number of nitrogens with one attached hydrogen (secondary N) is 1. The predicted molar refractivity (Wildman–Crippen MR) is 182 cm³/mol. The van der Waals surface area contributed by atoms with Gasteiger partial charge in [-0.1, -0.05) is 23.4 Å². The predicted octanol–water partition coefficient (Wildman–Crippen LogP) is 2.70. The van der Waals surface area contributed by atoms with E-state index in [1.807, 2.05) is 18.9 Å². The van der Waals surface area contributed by atoms with Crippen LogP contribution >= 0.6 is 11.6 Å². The molecule has 1 saturated heterocycles. The van der Waals surface area contributed by atoms with E-state index in [-0.39, 0.29) is 40.7 Å². The summed E-state index contributed by atoms with van der Waals surface area (Å²) < 4.78 is 49.1. The van der Waals surface area contributed by atoms with Crippen LogP contribution < -0.4 is 21.5 Å². The Bertz CT molecular complexity index is 2340. The number of halogens is 4. The maximum atomic E-state index is 15.4. The molecular weight excluding hydrogens is 693 g/mol. The molecule has 0 spiro atoms. The number of carbonyl (C=O) groups excluding carboxylic acids is 2. The molecule has 0 radical (unpaired) electrons. The average molecular weight is 723 g/mol. The number of aryl methyl sites for hydroxylation is 1. The number of rotatable bonds is 7. The lowest BCUT2D eigenvalue weighted by atomic mass is 10.0. The second kappa shape index (κ2) is 13.8. The van der Waals surface area contributed by atoms with Gasteiger partial charge in [0.1, 0.15) is 29.4 Å². The standard InChI is InChI=1S/C33H30ClF3N10O4/c1-17-12-43(2)7-8-47(17)23-10-22(26(34)30(37)42-23)41-24(48)15-46-14-21(19-9-20(31(38)50)29(49)28(36)27(19)35)25-32(46)39-16-45(33(25)51)6-4-5-18-11-40-44(3)13-18/h9-11,13-14,16-17,49H,6-8,12,15H2,1-3H3,(H2,38,50)(H,41,42,48)/t17-/m0/s1. The van der Waals surface area contributed by atoms with Gasteiger partial charge >= 0.3 is 0 Å². The van der Waals surface area contributed by atoms with Gasteiger partial charge in [0.25, 0.3) is 11.5 Å². The minimum atomic E-state index is -1.77. The van der Waals surface area contributed by atoms with E-state index in [2.05, 4.69) is 37.1 Å². The SMILES string of the molecule is C[C@H]1CN(C)CCN1c1cc(NC(=O)Cn2cc(-c3cc(C(N)=O)c(O)c(F)c3F)c3c(=O)n(CC#Cc4cnn(C)c4)cnc32)c(Cl)c(F)n1. The maximum absolute atomic E-state index is 15.4. The second-order valence-electron chi connectivity index (χ2n) is 12.0. The number of hydrogen-bond donors (Lipinski definition) is 3. The molecule has 0 aliphatic carbocycles. The van der Waals surface area contributed by atoms with Crippen LogP contribution in [0.2, 0.25) is 5.02 Å². The molecular formula is C33H30ClF3N10O4. The molecule has 0 unspecified atom stereocenters. The summed E-state index contributed by atoms with van der Waals surface area (Å²) in [5.74, 6) is -1.71. The quantitative estimate of drug-likeness (QED) is 0.169. The van der Waals surface area contributed by atoms with Crippen molar-refractivity contribution in [2.75, 3.05) is 36.9 Å². The average Bonchev–Trinajstić information content (AvgIpc) is 3.66. The number of phenols is 1. The Morgan fingerprint density at radius 1 is 1.12 bits per heavy atom. The molecule has 5 heterocycles. The first-order valence-electron chi connectivity index (χ1n) is 15.4. The molecule has 1 aliphatic rings. The number of amides is 2. The summed E-state index contributed by atoms with van der Waals surface area (Å²) in [5, 5.41) is 15.9. The fourth-order valence-corrected chi connectivity index (χ4v) is 6.06. The monoisotopic (exact) mass is 722 g/mol. The molecule has 264 valence electrons. The van der Waals surface area contributed by atoms with E-state index in [0.717, 1.165) is 16.8 Å². The Labute approximate surface area is 292 Å². The first-order valence-corrected chi connectivity index (χ1v) is 15.8. The van der Waals surface area contributed by atoms with Crippen molar-refractivity contribution in [3.05, 3.63) is 81.1 Å². The number of benzene rings is 1. The highest BCUT2D eigenvalue weighted by Gasteiger charge is 2.28. The fourth-order valence-electron chi connectivity index (χ4n) is 5.91. The van der Waals surface area contributed by atoms with Crippen LogP contribution in [0.3, 0.4) is 0 Å². The molecule has 4 N–H and O–H groups in total. The van der Waals surface area contributed by atoms with Crippen LogP contribution in [-0.4, -0.2) is 83.4 Å². The Morgan fingerprint density at radius 3 is 2.57 bits per heavy atom. The van der Waals surface area contributed by atoms with Crippen molar-refractivity contribution in [3.8, 4) is 28.7 Å². The van der Waals surface area contributed by atoms with Crippen LogP contribution in [0.5, 0.6) is 5.75 Å². The van der Waals surface area contributed by atoms with Crippen LogP contribution in [0.25, 0.3) is 22.2 Å². The van der Waals surface area contributed by atoms with E-state index in [1.54, 1.807) is 17.9 Å². The topological polar surface area (TPSA) is 169 Å². The van der Waals surface area contributed by atoms with Gasteiger partial charge in [0.05, 0.1) is 34.9 Å². The first kappa shape index (κ1) is 35.0.